The molecule has 0 saturated heterocycles. The number of hydrogen-bond donors (Lipinski definition) is 3. The van der Waals surface area contributed by atoms with Crippen LogP contribution in [0.25, 0.3) is 0 Å². The number of benzene rings is 1. The Bertz CT molecular complexity index is 957. The molecule has 8 nitrogen and oxygen atoms in total. The van der Waals surface area contributed by atoms with Crippen LogP contribution in [0, 0.1) is 6.92 Å². The number of thiophene rings is 1. The molecule has 0 radical (unpaired) electrons. The molecular weight excluding hydrogens is 378 g/mol. The molecular formula is C19H19N5O3S. The molecule has 2 aromatic heterocycles. The molecule has 1 aromatic carbocycles. The predicted octanol–water partition coefficient (Wildman–Crippen LogP) is 3.43. The number of methoxy groups -OCH3 is 1. The monoisotopic (exact) mass is 397 g/mol. The van der Waals surface area contributed by atoms with Crippen LogP contribution in [0.1, 0.15) is 20.9 Å². The maximum atomic E-state index is 12.5. The highest BCUT2D eigenvalue weighted by Crippen LogP contribution is 2.35. The van der Waals surface area contributed by atoms with Crippen LogP contribution in [0.5, 0.6) is 5.75 Å². The molecule has 0 saturated carbocycles. The third-order valence-electron chi connectivity index (χ3n) is 3.72. The number of carbonyl (C=O) groups is 2. The summed E-state index contributed by atoms with van der Waals surface area (Å²) in [7, 11) is 1.45. The summed E-state index contributed by atoms with van der Waals surface area (Å²) in [6.07, 6.45) is 3.01. The van der Waals surface area contributed by atoms with Crippen LogP contribution in [0.2, 0.25) is 0 Å². The van der Waals surface area contributed by atoms with Crippen molar-refractivity contribution in [3.05, 3.63) is 64.2 Å². The molecule has 3 rings (SSSR count). The van der Waals surface area contributed by atoms with Crippen LogP contribution in [0.15, 0.2) is 48.1 Å². The van der Waals surface area contributed by atoms with Crippen LogP contribution >= 0.6 is 11.3 Å². The molecule has 0 aliphatic carbocycles. The first kappa shape index (κ1) is 19.3. The Kier molecular flexibility index (Phi) is 6.18. The Labute approximate surface area is 166 Å². The molecule has 0 spiro atoms. The lowest BCUT2D eigenvalue weighted by molar-refractivity contribution is 0.0952. The summed E-state index contributed by atoms with van der Waals surface area (Å²) < 4.78 is 5.34. The minimum Gasteiger partial charge on any atom is -0.493 e. The van der Waals surface area contributed by atoms with Crippen LogP contribution in [-0.4, -0.2) is 29.0 Å². The average Bonchev–Trinajstić information content (AvgIpc) is 3.11. The number of nitrogens with zero attached hydrogens (tertiary/aromatic N) is 2. The van der Waals surface area contributed by atoms with Gasteiger partial charge in [-0.05, 0) is 12.5 Å². The Morgan fingerprint density at radius 3 is 2.57 bits per heavy atom. The highest BCUT2D eigenvalue weighted by Gasteiger charge is 2.20. The summed E-state index contributed by atoms with van der Waals surface area (Å²) in [6.45, 7) is 2.20. The van der Waals surface area contributed by atoms with Gasteiger partial charge in [0, 0.05) is 11.9 Å². The van der Waals surface area contributed by atoms with Gasteiger partial charge in [-0.1, -0.05) is 30.3 Å². The molecule has 9 heteroatoms. The highest BCUT2D eigenvalue weighted by molar-refractivity contribution is 7.13. The zero-order valence-electron chi connectivity index (χ0n) is 15.4. The molecule has 28 heavy (non-hydrogen) atoms. The van der Waals surface area contributed by atoms with E-state index in [4.69, 9.17) is 4.74 Å². The normalized spacial score (nSPS) is 10.2. The van der Waals surface area contributed by atoms with E-state index in [2.05, 4.69) is 25.9 Å². The number of carbonyl (C=O) groups excluding carboxylic acids is 2. The van der Waals surface area contributed by atoms with Gasteiger partial charge in [-0.25, -0.2) is 9.78 Å². The van der Waals surface area contributed by atoms with Gasteiger partial charge < -0.3 is 15.4 Å². The van der Waals surface area contributed by atoms with Gasteiger partial charge in [-0.2, -0.15) is 0 Å². The van der Waals surface area contributed by atoms with Gasteiger partial charge in [0.2, 0.25) is 0 Å². The molecule has 3 aromatic rings. The van der Waals surface area contributed by atoms with Crippen molar-refractivity contribution in [1.82, 2.24) is 15.3 Å². The van der Waals surface area contributed by atoms with E-state index in [9.17, 15) is 9.59 Å². The number of rotatable bonds is 6. The maximum Gasteiger partial charge on any atom is 0.325 e. The fourth-order valence-electron chi connectivity index (χ4n) is 2.38. The van der Waals surface area contributed by atoms with Crippen molar-refractivity contribution in [2.75, 3.05) is 17.7 Å². The Balaban J connectivity index is 1.64. The Morgan fingerprint density at radius 1 is 1.11 bits per heavy atom. The Morgan fingerprint density at radius 2 is 1.89 bits per heavy atom. The van der Waals surface area contributed by atoms with Gasteiger partial charge >= 0.3 is 6.03 Å². The van der Waals surface area contributed by atoms with Crippen molar-refractivity contribution in [2.24, 2.45) is 0 Å². The minimum absolute atomic E-state index is 0.274. The fraction of sp³-hybridized carbons (Fsp3) is 0.158. The number of anilines is 2. The van der Waals surface area contributed by atoms with Gasteiger partial charge in [0.15, 0.2) is 11.6 Å². The number of hydrogen-bond acceptors (Lipinski definition) is 6. The molecule has 0 aliphatic heterocycles. The van der Waals surface area contributed by atoms with E-state index >= 15 is 0 Å². The second kappa shape index (κ2) is 8.96. The fourth-order valence-corrected chi connectivity index (χ4v) is 3.26. The van der Waals surface area contributed by atoms with Gasteiger partial charge in [0.25, 0.3) is 5.91 Å². The van der Waals surface area contributed by atoms with Gasteiger partial charge in [-0.15, -0.1) is 11.3 Å². The van der Waals surface area contributed by atoms with E-state index in [1.54, 1.807) is 18.5 Å². The van der Waals surface area contributed by atoms with Gasteiger partial charge in [0.05, 0.1) is 30.9 Å². The number of urea groups is 1. The molecule has 0 bridgehead atoms. The third kappa shape index (κ3) is 4.83. The summed E-state index contributed by atoms with van der Waals surface area (Å²) in [5.74, 6) is 0.349. The summed E-state index contributed by atoms with van der Waals surface area (Å²) >= 11 is 1.19. The molecule has 0 atom stereocenters. The van der Waals surface area contributed by atoms with E-state index in [0.29, 0.717) is 28.7 Å². The lowest BCUT2D eigenvalue weighted by atomic mass is 10.2. The second-order valence-electron chi connectivity index (χ2n) is 5.80. The summed E-state index contributed by atoms with van der Waals surface area (Å²) in [5, 5.41) is 9.74. The van der Waals surface area contributed by atoms with Crippen molar-refractivity contribution >= 4 is 34.8 Å². The van der Waals surface area contributed by atoms with E-state index in [1.807, 2.05) is 30.3 Å². The number of aromatic nitrogens is 2. The zero-order chi connectivity index (χ0) is 19.9. The van der Waals surface area contributed by atoms with Crippen molar-refractivity contribution in [1.29, 1.82) is 0 Å². The largest absolute Gasteiger partial charge is 0.493 e. The lowest BCUT2D eigenvalue weighted by Gasteiger charge is -2.09. The van der Waals surface area contributed by atoms with Crippen molar-refractivity contribution in [2.45, 2.75) is 13.5 Å². The maximum absolute atomic E-state index is 12.5. The first-order valence-electron chi connectivity index (χ1n) is 8.41. The minimum atomic E-state index is -0.509. The highest BCUT2D eigenvalue weighted by atomic mass is 32.1. The first-order chi connectivity index (χ1) is 13.6. The quantitative estimate of drug-likeness (QED) is 0.591. The van der Waals surface area contributed by atoms with Crippen LogP contribution < -0.4 is 20.7 Å². The summed E-state index contributed by atoms with van der Waals surface area (Å²) in [6, 6.07) is 9.08. The topological polar surface area (TPSA) is 105 Å². The van der Waals surface area contributed by atoms with Crippen LogP contribution in [0.4, 0.5) is 16.3 Å². The van der Waals surface area contributed by atoms with E-state index in [1.165, 1.54) is 24.6 Å². The molecule has 144 valence electrons. The average molecular weight is 397 g/mol. The van der Waals surface area contributed by atoms with Crippen LogP contribution in [0.3, 0.4) is 0 Å². The zero-order valence-corrected chi connectivity index (χ0v) is 16.2. The molecule has 3 N–H and O–H groups in total. The van der Waals surface area contributed by atoms with E-state index < -0.39 is 6.03 Å². The number of amides is 3. The van der Waals surface area contributed by atoms with Crippen LogP contribution in [-0.2, 0) is 6.54 Å². The molecule has 0 aliphatic rings. The molecule has 3 amide bonds. The smallest absolute Gasteiger partial charge is 0.325 e. The molecule has 0 fully saturated rings. The lowest BCUT2D eigenvalue weighted by Crippen LogP contribution is -2.23. The number of ether oxygens (including phenoxy) is 1. The number of aryl methyl sites for hydroxylation is 1. The van der Waals surface area contributed by atoms with Crippen molar-refractivity contribution in [3.8, 4) is 5.75 Å². The predicted molar refractivity (Wildman–Crippen MR) is 108 cm³/mol. The van der Waals surface area contributed by atoms with E-state index in [-0.39, 0.29) is 5.91 Å². The molecule has 0 unspecified atom stereocenters. The van der Waals surface area contributed by atoms with E-state index in [0.717, 1.165) is 11.3 Å². The first-order valence-corrected chi connectivity index (χ1v) is 9.29. The third-order valence-corrected chi connectivity index (χ3v) is 4.68. The SMILES string of the molecule is COc1c(NC(=O)Nc2cnc(C)cn2)csc1C(=O)NCc1ccccc1. The number of nitrogens with one attached hydrogen (secondary N) is 3. The standard InChI is InChI=1S/C19H19N5O3S/c1-12-8-21-15(10-20-12)24-19(26)23-14-11-28-17(16(14)27-2)18(25)22-9-13-6-4-3-5-7-13/h3-8,10-11H,9H2,1-2H3,(H,22,25)(H2,21,23,24,26). The summed E-state index contributed by atoms with van der Waals surface area (Å²) in [5.41, 5.74) is 2.13. The Hall–Kier alpha value is -3.46. The summed E-state index contributed by atoms with van der Waals surface area (Å²) in [4.78, 5) is 33.2. The van der Waals surface area contributed by atoms with Gasteiger partial charge in [0.1, 0.15) is 4.88 Å². The molecule has 2 heterocycles. The van der Waals surface area contributed by atoms with Crippen molar-refractivity contribution < 1.29 is 14.3 Å². The second-order valence-corrected chi connectivity index (χ2v) is 6.68. The van der Waals surface area contributed by atoms with Crippen molar-refractivity contribution in [3.63, 3.8) is 0 Å². The van der Waals surface area contributed by atoms with Gasteiger partial charge in [-0.3, -0.25) is 15.1 Å².